The minimum absolute atomic E-state index is 0.180. The quantitative estimate of drug-likeness (QED) is 0.591. The molecule has 0 radical (unpaired) electrons. The monoisotopic (exact) mass is 402 g/mol. The molecule has 0 spiro atoms. The molecule has 0 heterocycles. The number of rotatable bonds is 4. The SMILES string of the molecule is CCCc1ccc(SC2C(C(F)(F)F)=C(C#N)C(C#N)=C2C(F)(F)F)cc1. The maximum Gasteiger partial charge on any atom is 0.415 e. The number of hydrogen-bond acceptors (Lipinski definition) is 3. The van der Waals surface area contributed by atoms with Crippen molar-refractivity contribution in [3.8, 4) is 12.1 Å². The Hall–Kier alpha value is -2.39. The predicted molar refractivity (Wildman–Crippen MR) is 87.5 cm³/mol. The van der Waals surface area contributed by atoms with E-state index in [9.17, 15) is 26.3 Å². The van der Waals surface area contributed by atoms with E-state index in [1.165, 1.54) is 12.1 Å². The van der Waals surface area contributed by atoms with Gasteiger partial charge in [0.2, 0.25) is 0 Å². The summed E-state index contributed by atoms with van der Waals surface area (Å²) in [5.41, 5.74) is -4.91. The molecule has 0 bridgehead atoms. The highest BCUT2D eigenvalue weighted by atomic mass is 32.2. The fourth-order valence-corrected chi connectivity index (χ4v) is 4.07. The van der Waals surface area contributed by atoms with Crippen LogP contribution >= 0.6 is 11.8 Å². The smallest absolute Gasteiger partial charge is 0.192 e. The predicted octanol–water partition coefficient (Wildman–Crippen LogP) is 5.88. The molecule has 27 heavy (non-hydrogen) atoms. The summed E-state index contributed by atoms with van der Waals surface area (Å²) >= 11 is 0.328. The van der Waals surface area contributed by atoms with E-state index in [4.69, 9.17) is 10.5 Å². The minimum Gasteiger partial charge on any atom is -0.192 e. The summed E-state index contributed by atoms with van der Waals surface area (Å²) in [7, 11) is 0. The van der Waals surface area contributed by atoms with E-state index in [0.29, 0.717) is 11.8 Å². The molecule has 0 aromatic heterocycles. The second-order valence-corrected chi connectivity index (χ2v) is 6.87. The lowest BCUT2D eigenvalue weighted by Gasteiger charge is -2.22. The zero-order chi connectivity index (χ0) is 20.4. The lowest BCUT2D eigenvalue weighted by molar-refractivity contribution is -0.102. The summed E-state index contributed by atoms with van der Waals surface area (Å²) in [5.74, 6) is 0. The molecule has 0 aliphatic heterocycles. The average Bonchev–Trinajstić information content (AvgIpc) is 2.90. The lowest BCUT2D eigenvalue weighted by Crippen LogP contribution is -2.27. The van der Waals surface area contributed by atoms with Crippen molar-refractivity contribution in [1.82, 2.24) is 0 Å². The third kappa shape index (κ3) is 4.30. The van der Waals surface area contributed by atoms with Gasteiger partial charge in [-0.25, -0.2) is 0 Å². The van der Waals surface area contributed by atoms with E-state index in [0.717, 1.165) is 30.5 Å². The Labute approximate surface area is 155 Å². The number of hydrogen-bond donors (Lipinski definition) is 0. The van der Waals surface area contributed by atoms with Gasteiger partial charge in [-0.3, -0.25) is 0 Å². The maximum atomic E-state index is 13.5. The van der Waals surface area contributed by atoms with Crippen molar-refractivity contribution >= 4 is 11.8 Å². The molecular formula is C18H12F6N2S. The van der Waals surface area contributed by atoms with Gasteiger partial charge >= 0.3 is 12.4 Å². The largest absolute Gasteiger partial charge is 0.415 e. The third-order valence-electron chi connectivity index (χ3n) is 3.86. The molecule has 0 N–H and O–H groups in total. The van der Waals surface area contributed by atoms with E-state index in [1.54, 1.807) is 12.1 Å². The van der Waals surface area contributed by atoms with Gasteiger partial charge in [0.25, 0.3) is 0 Å². The highest BCUT2D eigenvalue weighted by Gasteiger charge is 2.55. The molecule has 142 valence electrons. The van der Waals surface area contributed by atoms with Gasteiger partial charge in [0.1, 0.15) is 12.1 Å². The summed E-state index contributed by atoms with van der Waals surface area (Å²) in [6.07, 6.45) is -8.79. The first-order chi connectivity index (χ1) is 12.5. The fourth-order valence-electron chi connectivity index (χ4n) is 2.77. The van der Waals surface area contributed by atoms with Crippen molar-refractivity contribution in [1.29, 1.82) is 10.5 Å². The fraction of sp³-hybridized carbons (Fsp3) is 0.333. The van der Waals surface area contributed by atoms with E-state index in [1.807, 2.05) is 6.92 Å². The molecule has 1 aliphatic carbocycles. The van der Waals surface area contributed by atoms with Gasteiger partial charge < -0.3 is 0 Å². The lowest BCUT2D eigenvalue weighted by atomic mass is 10.1. The molecule has 1 aromatic rings. The molecule has 0 unspecified atom stereocenters. The second-order valence-electron chi connectivity index (χ2n) is 5.69. The van der Waals surface area contributed by atoms with Crippen LogP contribution in [0.2, 0.25) is 0 Å². The van der Waals surface area contributed by atoms with E-state index in [-0.39, 0.29) is 4.90 Å². The van der Waals surface area contributed by atoms with Crippen LogP contribution in [0.3, 0.4) is 0 Å². The first kappa shape index (κ1) is 20.9. The van der Waals surface area contributed by atoms with Crippen LogP contribution in [0.25, 0.3) is 0 Å². The highest BCUT2D eigenvalue weighted by molar-refractivity contribution is 8.00. The molecule has 9 heteroatoms. The summed E-state index contributed by atoms with van der Waals surface area (Å²) in [4.78, 5) is 0.180. The normalized spacial score (nSPS) is 15.9. The Morgan fingerprint density at radius 2 is 1.33 bits per heavy atom. The van der Waals surface area contributed by atoms with Crippen molar-refractivity contribution in [3.63, 3.8) is 0 Å². The van der Waals surface area contributed by atoms with E-state index < -0.39 is 39.9 Å². The average molecular weight is 402 g/mol. The third-order valence-corrected chi connectivity index (χ3v) is 5.11. The number of benzene rings is 1. The van der Waals surface area contributed by atoms with Crippen LogP contribution in [0.5, 0.6) is 0 Å². The number of thioether (sulfide) groups is 1. The maximum absolute atomic E-state index is 13.5. The van der Waals surface area contributed by atoms with Crippen LogP contribution in [-0.4, -0.2) is 17.6 Å². The van der Waals surface area contributed by atoms with E-state index >= 15 is 0 Å². The van der Waals surface area contributed by atoms with Crippen LogP contribution in [-0.2, 0) is 6.42 Å². The Bertz CT molecular complexity index is 816. The molecular weight excluding hydrogens is 390 g/mol. The summed E-state index contributed by atoms with van der Waals surface area (Å²) < 4.78 is 80.8. The molecule has 1 aromatic carbocycles. The van der Waals surface area contributed by atoms with Crippen molar-refractivity contribution < 1.29 is 26.3 Å². The van der Waals surface area contributed by atoms with Crippen LogP contribution < -0.4 is 0 Å². The zero-order valence-corrected chi connectivity index (χ0v) is 14.7. The van der Waals surface area contributed by atoms with Crippen molar-refractivity contribution in [2.75, 3.05) is 0 Å². The summed E-state index contributed by atoms with van der Waals surface area (Å²) in [6, 6.07) is 8.40. The molecule has 0 saturated carbocycles. The van der Waals surface area contributed by atoms with Crippen molar-refractivity contribution in [3.05, 3.63) is 52.1 Å². The topological polar surface area (TPSA) is 47.6 Å². The van der Waals surface area contributed by atoms with Gasteiger partial charge in [0.15, 0.2) is 0 Å². The van der Waals surface area contributed by atoms with Crippen LogP contribution in [0.4, 0.5) is 26.3 Å². The van der Waals surface area contributed by atoms with Crippen molar-refractivity contribution in [2.24, 2.45) is 0 Å². The molecule has 2 rings (SSSR count). The van der Waals surface area contributed by atoms with Gasteiger partial charge in [0, 0.05) is 4.90 Å². The minimum atomic E-state index is -5.18. The first-order valence-corrected chi connectivity index (χ1v) is 8.61. The van der Waals surface area contributed by atoms with Gasteiger partial charge in [-0.1, -0.05) is 25.5 Å². The Kier molecular flexibility index (Phi) is 5.96. The number of nitriles is 2. The number of aryl methyl sites for hydroxylation is 1. The summed E-state index contributed by atoms with van der Waals surface area (Å²) in [6.45, 7) is 1.94. The van der Waals surface area contributed by atoms with E-state index in [2.05, 4.69) is 0 Å². The molecule has 0 atom stereocenters. The number of alkyl halides is 6. The van der Waals surface area contributed by atoms with Gasteiger partial charge in [0.05, 0.1) is 27.5 Å². The standard InChI is InChI=1S/C18H12F6N2S/c1-2-3-10-4-6-11(7-5-10)27-16-14(17(19,20)21)12(8-25)13(9-26)15(16)18(22,23)24/h4-7,16H,2-3H2,1H3. The number of allylic oxidation sites excluding steroid dienone is 2. The second kappa shape index (κ2) is 7.69. The Balaban J connectivity index is 2.57. The molecule has 2 nitrogen and oxygen atoms in total. The van der Waals surface area contributed by atoms with Gasteiger partial charge in [-0.05, 0) is 24.1 Å². The zero-order valence-electron chi connectivity index (χ0n) is 13.9. The van der Waals surface area contributed by atoms with Gasteiger partial charge in [-0.15, -0.1) is 11.8 Å². The molecule has 1 aliphatic rings. The van der Waals surface area contributed by atoms with Crippen LogP contribution in [0, 0.1) is 22.7 Å². The molecule has 0 fully saturated rings. The Morgan fingerprint density at radius 3 is 1.67 bits per heavy atom. The first-order valence-electron chi connectivity index (χ1n) is 7.73. The van der Waals surface area contributed by atoms with Crippen LogP contribution in [0.15, 0.2) is 51.5 Å². The van der Waals surface area contributed by atoms with Crippen LogP contribution in [0.1, 0.15) is 18.9 Å². The highest BCUT2D eigenvalue weighted by Crippen LogP contribution is 2.53. The van der Waals surface area contributed by atoms with Gasteiger partial charge in [-0.2, -0.15) is 36.9 Å². The van der Waals surface area contributed by atoms with Crippen molar-refractivity contribution in [2.45, 2.75) is 42.3 Å². The molecule has 0 saturated heterocycles. The summed E-state index contributed by atoms with van der Waals surface area (Å²) in [5, 5.41) is 15.8. The number of halogens is 6. The number of nitrogens with zero attached hydrogens (tertiary/aromatic N) is 2. The molecule has 0 amide bonds. The Morgan fingerprint density at radius 1 is 0.889 bits per heavy atom.